The van der Waals surface area contributed by atoms with Crippen LogP contribution < -0.4 is 0 Å². The molecule has 0 unspecified atom stereocenters. The van der Waals surface area contributed by atoms with Gasteiger partial charge in [-0.15, -0.1) is 0 Å². The Morgan fingerprint density at radius 1 is 1.26 bits per heavy atom. The number of amides is 1. The zero-order chi connectivity index (χ0) is 17.1. The van der Waals surface area contributed by atoms with Gasteiger partial charge in [-0.3, -0.25) is 24.3 Å². The van der Waals surface area contributed by atoms with Crippen LogP contribution in [-0.4, -0.2) is 42.3 Å². The predicted molar refractivity (Wildman–Crippen MR) is 83.0 cm³/mol. The van der Waals surface area contributed by atoms with Crippen molar-refractivity contribution in [3.63, 3.8) is 0 Å². The third kappa shape index (κ3) is 3.08. The van der Waals surface area contributed by atoms with E-state index in [-0.39, 0.29) is 11.4 Å². The lowest BCUT2D eigenvalue weighted by Crippen LogP contribution is -2.29. The molecule has 9 nitrogen and oxygen atoms in total. The minimum absolute atomic E-state index is 0.000497. The Kier molecular flexibility index (Phi) is 4.77. The molecular weight excluding hydrogens is 300 g/mol. The van der Waals surface area contributed by atoms with Gasteiger partial charge in [0.05, 0.1) is 11.1 Å². The molecule has 0 aromatic carbocycles. The van der Waals surface area contributed by atoms with E-state index in [0.717, 1.165) is 24.0 Å². The van der Waals surface area contributed by atoms with E-state index in [1.165, 1.54) is 9.58 Å². The summed E-state index contributed by atoms with van der Waals surface area (Å²) in [6, 6.07) is 0. The van der Waals surface area contributed by atoms with Crippen molar-refractivity contribution in [2.75, 3.05) is 7.05 Å². The van der Waals surface area contributed by atoms with Gasteiger partial charge in [-0.25, -0.2) is 0 Å². The van der Waals surface area contributed by atoms with Crippen molar-refractivity contribution in [2.24, 2.45) is 0 Å². The molecular formula is C14H20N6O3. The molecule has 0 fully saturated rings. The molecule has 9 heteroatoms. The Morgan fingerprint density at radius 2 is 1.87 bits per heavy atom. The summed E-state index contributed by atoms with van der Waals surface area (Å²) < 4.78 is 3.19. The van der Waals surface area contributed by atoms with Crippen LogP contribution in [0.25, 0.3) is 0 Å². The molecule has 2 aromatic rings. The monoisotopic (exact) mass is 320 g/mol. The van der Waals surface area contributed by atoms with Crippen LogP contribution in [0.2, 0.25) is 0 Å². The lowest BCUT2D eigenvalue weighted by molar-refractivity contribution is -0.385. The molecule has 2 heterocycles. The molecule has 0 bridgehead atoms. The van der Waals surface area contributed by atoms with Crippen LogP contribution in [0.5, 0.6) is 0 Å². The Morgan fingerprint density at radius 3 is 2.39 bits per heavy atom. The summed E-state index contributed by atoms with van der Waals surface area (Å²) in [6.07, 6.45) is 2.83. The van der Waals surface area contributed by atoms with Crippen molar-refractivity contribution in [3.8, 4) is 0 Å². The SMILES string of the molecule is CCn1ncc(CN(C)C(=O)c2c([N+](=O)[O-])cnn2CC)c1C. The molecule has 2 aromatic heterocycles. The predicted octanol–water partition coefficient (Wildman–Crippen LogP) is 1.61. The van der Waals surface area contributed by atoms with E-state index in [1.54, 1.807) is 20.2 Å². The van der Waals surface area contributed by atoms with Gasteiger partial charge in [0.25, 0.3) is 5.91 Å². The smallest absolute Gasteiger partial charge is 0.320 e. The fraction of sp³-hybridized carbons (Fsp3) is 0.500. The van der Waals surface area contributed by atoms with E-state index < -0.39 is 10.8 Å². The minimum atomic E-state index is -0.583. The highest BCUT2D eigenvalue weighted by atomic mass is 16.6. The maximum Gasteiger partial charge on any atom is 0.320 e. The maximum atomic E-state index is 12.6. The van der Waals surface area contributed by atoms with Gasteiger partial charge in [0.2, 0.25) is 5.69 Å². The van der Waals surface area contributed by atoms with Crippen molar-refractivity contribution in [3.05, 3.63) is 39.5 Å². The van der Waals surface area contributed by atoms with Gasteiger partial charge in [0.1, 0.15) is 6.20 Å². The van der Waals surface area contributed by atoms with Crippen LogP contribution in [0.1, 0.15) is 35.6 Å². The van der Waals surface area contributed by atoms with E-state index in [2.05, 4.69) is 10.2 Å². The van der Waals surface area contributed by atoms with Crippen molar-refractivity contribution >= 4 is 11.6 Å². The molecule has 1 amide bonds. The van der Waals surface area contributed by atoms with E-state index >= 15 is 0 Å². The lowest BCUT2D eigenvalue weighted by atomic mass is 10.2. The van der Waals surface area contributed by atoms with Crippen LogP contribution in [0.15, 0.2) is 12.4 Å². The molecule has 124 valence electrons. The number of nitrogens with zero attached hydrogens (tertiary/aromatic N) is 6. The van der Waals surface area contributed by atoms with Gasteiger partial charge in [-0.05, 0) is 20.8 Å². The molecule has 2 rings (SSSR count). The van der Waals surface area contributed by atoms with Gasteiger partial charge in [-0.2, -0.15) is 10.2 Å². The normalized spacial score (nSPS) is 10.8. The third-order valence-corrected chi connectivity index (χ3v) is 3.78. The van der Waals surface area contributed by atoms with Crippen molar-refractivity contribution in [1.29, 1.82) is 0 Å². The second-order valence-electron chi connectivity index (χ2n) is 5.18. The summed E-state index contributed by atoms with van der Waals surface area (Å²) in [4.78, 5) is 24.6. The quantitative estimate of drug-likeness (QED) is 0.594. The van der Waals surface area contributed by atoms with Gasteiger partial charge in [0.15, 0.2) is 0 Å². The zero-order valence-electron chi connectivity index (χ0n) is 13.7. The fourth-order valence-electron chi connectivity index (χ4n) is 2.44. The van der Waals surface area contributed by atoms with Crippen molar-refractivity contribution in [1.82, 2.24) is 24.5 Å². The van der Waals surface area contributed by atoms with E-state index in [4.69, 9.17) is 0 Å². The molecule has 0 aliphatic carbocycles. The molecule has 23 heavy (non-hydrogen) atoms. The Bertz CT molecular complexity index is 733. The van der Waals surface area contributed by atoms with Gasteiger partial charge in [-0.1, -0.05) is 0 Å². The Balaban J connectivity index is 2.28. The van der Waals surface area contributed by atoms with Crippen LogP contribution >= 0.6 is 0 Å². The average molecular weight is 320 g/mol. The Labute approximate surface area is 133 Å². The first-order valence-corrected chi connectivity index (χ1v) is 7.37. The summed E-state index contributed by atoms with van der Waals surface area (Å²) in [6.45, 7) is 7.16. The lowest BCUT2D eigenvalue weighted by Gasteiger charge is -2.17. The van der Waals surface area contributed by atoms with Gasteiger partial charge >= 0.3 is 5.69 Å². The summed E-state index contributed by atoms with van der Waals surface area (Å²) in [5.41, 5.74) is 1.61. The highest BCUT2D eigenvalue weighted by molar-refractivity contribution is 5.96. The molecule has 0 saturated heterocycles. The number of carbonyl (C=O) groups is 1. The topological polar surface area (TPSA) is 99.1 Å². The number of carbonyl (C=O) groups excluding carboxylic acids is 1. The molecule has 0 N–H and O–H groups in total. The number of rotatable bonds is 6. The molecule has 0 radical (unpaired) electrons. The summed E-state index contributed by atoms with van der Waals surface area (Å²) in [7, 11) is 1.61. The first kappa shape index (κ1) is 16.7. The number of nitro groups is 1. The standard InChI is InChI=1S/C14H20N6O3/c1-5-18-10(3)11(7-15-18)9-17(4)14(21)13-12(20(22)23)8-16-19(13)6-2/h7-8H,5-6,9H2,1-4H3. The molecule has 0 aliphatic rings. The highest BCUT2D eigenvalue weighted by Gasteiger charge is 2.29. The van der Waals surface area contributed by atoms with E-state index in [1.807, 2.05) is 18.5 Å². The van der Waals surface area contributed by atoms with Crippen LogP contribution in [-0.2, 0) is 19.6 Å². The highest BCUT2D eigenvalue weighted by Crippen LogP contribution is 2.20. The molecule has 0 spiro atoms. The zero-order valence-corrected chi connectivity index (χ0v) is 13.7. The fourth-order valence-corrected chi connectivity index (χ4v) is 2.44. The molecule has 0 aliphatic heterocycles. The summed E-state index contributed by atoms with van der Waals surface area (Å²) in [5.74, 6) is -0.431. The number of hydrogen-bond acceptors (Lipinski definition) is 5. The summed E-state index contributed by atoms with van der Waals surface area (Å²) >= 11 is 0. The minimum Gasteiger partial charge on any atom is -0.336 e. The average Bonchev–Trinajstić information content (AvgIpc) is 3.10. The van der Waals surface area contributed by atoms with Crippen LogP contribution in [0.3, 0.4) is 0 Å². The summed E-state index contributed by atoms with van der Waals surface area (Å²) in [5, 5.41) is 19.3. The van der Waals surface area contributed by atoms with Crippen molar-refractivity contribution < 1.29 is 9.72 Å². The van der Waals surface area contributed by atoms with Gasteiger partial charge in [0, 0.05) is 37.9 Å². The molecule has 0 atom stereocenters. The maximum absolute atomic E-state index is 12.6. The number of aryl methyl sites for hydroxylation is 2. The first-order chi connectivity index (χ1) is 10.9. The van der Waals surface area contributed by atoms with E-state index in [9.17, 15) is 14.9 Å². The third-order valence-electron chi connectivity index (χ3n) is 3.78. The first-order valence-electron chi connectivity index (χ1n) is 7.37. The van der Waals surface area contributed by atoms with E-state index in [0.29, 0.717) is 13.1 Å². The largest absolute Gasteiger partial charge is 0.336 e. The van der Waals surface area contributed by atoms with Crippen LogP contribution in [0.4, 0.5) is 5.69 Å². The van der Waals surface area contributed by atoms with Gasteiger partial charge < -0.3 is 4.90 Å². The number of hydrogen-bond donors (Lipinski definition) is 0. The second-order valence-corrected chi connectivity index (χ2v) is 5.18. The number of aromatic nitrogens is 4. The van der Waals surface area contributed by atoms with Crippen molar-refractivity contribution in [2.45, 2.75) is 40.4 Å². The van der Waals surface area contributed by atoms with Crippen LogP contribution in [0, 0.1) is 17.0 Å². The molecule has 0 saturated carbocycles. The Hall–Kier alpha value is -2.71. The second kappa shape index (κ2) is 6.59.